The van der Waals surface area contributed by atoms with Crippen LogP contribution in [0.5, 0.6) is 0 Å². The van der Waals surface area contributed by atoms with Gasteiger partial charge in [-0.3, -0.25) is 14.4 Å². The third kappa shape index (κ3) is 4.13. The summed E-state index contributed by atoms with van der Waals surface area (Å²) in [6.07, 6.45) is 6.23. The van der Waals surface area contributed by atoms with E-state index in [2.05, 4.69) is 16.4 Å². The number of benzene rings is 1. The van der Waals surface area contributed by atoms with Gasteiger partial charge in [-0.25, -0.2) is 0 Å². The van der Waals surface area contributed by atoms with Gasteiger partial charge in [-0.15, -0.1) is 0 Å². The highest BCUT2D eigenvalue weighted by Gasteiger charge is 2.52. The fourth-order valence-corrected chi connectivity index (χ4v) is 5.92. The van der Waals surface area contributed by atoms with Gasteiger partial charge in [-0.2, -0.15) is 5.26 Å². The third-order valence-electron chi connectivity index (χ3n) is 7.72. The third-order valence-corrected chi connectivity index (χ3v) is 7.96. The number of fused-ring (bicyclic) bond motifs is 1. The molecular weight excluding hydrogens is 440 g/mol. The molecule has 0 bridgehead atoms. The van der Waals surface area contributed by atoms with E-state index in [1.807, 2.05) is 6.07 Å². The fraction of sp³-hybridized carbons (Fsp3) is 0.520. The molecule has 5 rings (SSSR count). The van der Waals surface area contributed by atoms with Crippen molar-refractivity contribution in [2.45, 2.75) is 63.5 Å². The lowest BCUT2D eigenvalue weighted by Crippen LogP contribution is -2.49. The van der Waals surface area contributed by atoms with Gasteiger partial charge in [0.25, 0.3) is 5.91 Å². The van der Waals surface area contributed by atoms with Gasteiger partial charge in [0.1, 0.15) is 23.6 Å². The van der Waals surface area contributed by atoms with Crippen LogP contribution in [0.1, 0.15) is 61.9 Å². The molecule has 7 nitrogen and oxygen atoms in total. The van der Waals surface area contributed by atoms with E-state index in [-0.39, 0.29) is 28.9 Å². The van der Waals surface area contributed by atoms with E-state index >= 15 is 0 Å². The average Bonchev–Trinajstić information content (AvgIpc) is 3.49. The van der Waals surface area contributed by atoms with Crippen LogP contribution in [-0.2, 0) is 9.59 Å². The number of amides is 2. The highest BCUT2D eigenvalue weighted by atomic mass is 35.5. The Morgan fingerprint density at radius 3 is 2.79 bits per heavy atom. The molecule has 1 aliphatic heterocycles. The van der Waals surface area contributed by atoms with E-state index in [1.165, 1.54) is 0 Å². The smallest absolute Gasteiger partial charge is 0.271 e. The van der Waals surface area contributed by atoms with Crippen molar-refractivity contribution in [2.24, 2.45) is 11.3 Å². The van der Waals surface area contributed by atoms with Crippen LogP contribution in [0.15, 0.2) is 24.3 Å². The summed E-state index contributed by atoms with van der Waals surface area (Å²) in [5.74, 6) is -0.504. The largest absolute Gasteiger partial charge is 0.350 e. The average molecular weight is 467 g/mol. The number of likely N-dealkylation sites (tertiary alicyclic amines) is 1. The van der Waals surface area contributed by atoms with Crippen molar-refractivity contribution < 1.29 is 14.4 Å². The minimum Gasteiger partial charge on any atom is -0.350 e. The van der Waals surface area contributed by atoms with Gasteiger partial charge in [0.2, 0.25) is 5.91 Å². The number of H-pyrrole nitrogens is 1. The molecule has 172 valence electrons. The number of ketones is 1. The van der Waals surface area contributed by atoms with Gasteiger partial charge < -0.3 is 15.2 Å². The quantitative estimate of drug-likeness (QED) is 0.695. The number of rotatable bonds is 5. The van der Waals surface area contributed by atoms with Crippen LogP contribution in [0, 0.1) is 22.7 Å². The van der Waals surface area contributed by atoms with Crippen LogP contribution < -0.4 is 5.32 Å². The number of nitrogens with zero attached hydrogens (tertiary/aromatic N) is 2. The minimum absolute atomic E-state index is 0.0173. The van der Waals surface area contributed by atoms with E-state index < -0.39 is 12.1 Å². The Hall–Kier alpha value is -2.85. The number of aromatic nitrogens is 1. The number of aromatic amines is 1. The van der Waals surface area contributed by atoms with Crippen molar-refractivity contribution in [3.63, 3.8) is 0 Å². The molecule has 2 N–H and O–H groups in total. The molecule has 2 heterocycles. The van der Waals surface area contributed by atoms with Gasteiger partial charge in [0.15, 0.2) is 0 Å². The van der Waals surface area contributed by atoms with E-state index in [1.54, 1.807) is 23.1 Å². The molecule has 2 aromatic rings. The topological polar surface area (TPSA) is 106 Å². The van der Waals surface area contributed by atoms with Crippen molar-refractivity contribution in [3.8, 4) is 6.07 Å². The Morgan fingerprint density at radius 1 is 1.30 bits per heavy atom. The number of carbonyl (C=O) groups excluding carboxylic acids is 3. The summed E-state index contributed by atoms with van der Waals surface area (Å²) in [6, 6.07) is 7.99. The Morgan fingerprint density at radius 2 is 2.12 bits per heavy atom. The summed E-state index contributed by atoms with van der Waals surface area (Å²) in [5, 5.41) is 13.9. The number of hydrogen-bond acceptors (Lipinski definition) is 4. The second-order valence-corrected chi connectivity index (χ2v) is 10.3. The number of hydrogen-bond donors (Lipinski definition) is 2. The molecule has 1 spiro atoms. The minimum atomic E-state index is -0.727. The first-order chi connectivity index (χ1) is 15.9. The highest BCUT2D eigenvalue weighted by Crippen LogP contribution is 2.50. The van der Waals surface area contributed by atoms with Gasteiger partial charge in [-0.1, -0.05) is 24.1 Å². The summed E-state index contributed by atoms with van der Waals surface area (Å²) < 4.78 is 0. The zero-order chi connectivity index (χ0) is 23.2. The first kappa shape index (κ1) is 22.0. The molecule has 3 atom stereocenters. The summed E-state index contributed by atoms with van der Waals surface area (Å²) in [6.45, 7) is 0.540. The summed E-state index contributed by atoms with van der Waals surface area (Å²) in [7, 11) is 0. The summed E-state index contributed by atoms with van der Waals surface area (Å²) >= 11 is 6.08. The Bertz CT molecular complexity index is 1160. The van der Waals surface area contributed by atoms with Crippen LogP contribution in [0.25, 0.3) is 10.9 Å². The Kier molecular flexibility index (Phi) is 5.65. The van der Waals surface area contributed by atoms with E-state index in [4.69, 9.17) is 11.6 Å². The predicted molar refractivity (Wildman–Crippen MR) is 124 cm³/mol. The van der Waals surface area contributed by atoms with E-state index in [0.717, 1.165) is 43.0 Å². The van der Waals surface area contributed by atoms with Crippen molar-refractivity contribution in [3.05, 3.63) is 35.0 Å². The van der Waals surface area contributed by atoms with Crippen LogP contribution in [0.3, 0.4) is 0 Å². The van der Waals surface area contributed by atoms with Gasteiger partial charge in [-0.05, 0) is 62.1 Å². The fourth-order valence-electron chi connectivity index (χ4n) is 5.75. The number of nitriles is 1. The molecule has 0 radical (unpaired) electrons. The Labute approximate surface area is 197 Å². The number of Topliss-reactive ketones (excluding diaryl/α,β-unsaturated/α-hetero) is 1. The molecule has 8 heteroatoms. The molecule has 3 aliphatic rings. The van der Waals surface area contributed by atoms with Crippen LogP contribution in [-0.4, -0.2) is 46.1 Å². The van der Waals surface area contributed by atoms with Crippen molar-refractivity contribution in [1.29, 1.82) is 5.26 Å². The number of carbonyl (C=O) groups is 3. The molecule has 2 saturated carbocycles. The standard InChI is InChI=1S/C25H27ClN4O3/c26-17-6-5-15-10-20(29-19(15)11-17)24(33)30-14-25(7-2-8-25)12-21(30)23(32)28-18(13-27)9-16-3-1-4-22(16)31/h5-6,10-11,16,18,21,29H,1-4,7-9,12,14H2,(H,28,32). The van der Waals surface area contributed by atoms with Gasteiger partial charge >= 0.3 is 0 Å². The summed E-state index contributed by atoms with van der Waals surface area (Å²) in [5.41, 5.74) is 1.18. The molecule has 2 amide bonds. The van der Waals surface area contributed by atoms with Crippen molar-refractivity contribution >= 4 is 40.1 Å². The molecule has 1 aromatic carbocycles. The van der Waals surface area contributed by atoms with Crippen molar-refractivity contribution in [2.75, 3.05) is 6.54 Å². The van der Waals surface area contributed by atoms with Crippen LogP contribution >= 0.6 is 11.6 Å². The lowest BCUT2D eigenvalue weighted by atomic mass is 9.67. The predicted octanol–water partition coefficient (Wildman–Crippen LogP) is 3.97. The lowest BCUT2D eigenvalue weighted by Gasteiger charge is -2.37. The zero-order valence-corrected chi connectivity index (χ0v) is 19.2. The SMILES string of the molecule is N#CC(CC1CCCC1=O)NC(=O)C1CC2(CCC2)CN1C(=O)c1cc2ccc(Cl)cc2[nH]1. The normalized spacial score (nSPS) is 24.6. The maximum absolute atomic E-state index is 13.5. The number of nitrogens with one attached hydrogen (secondary N) is 2. The molecule has 33 heavy (non-hydrogen) atoms. The maximum Gasteiger partial charge on any atom is 0.271 e. The first-order valence-electron chi connectivity index (χ1n) is 11.7. The van der Waals surface area contributed by atoms with E-state index in [9.17, 15) is 19.6 Å². The molecular formula is C25H27ClN4O3. The lowest BCUT2D eigenvalue weighted by molar-refractivity contribution is -0.126. The molecule has 1 aromatic heterocycles. The molecule has 1 saturated heterocycles. The summed E-state index contributed by atoms with van der Waals surface area (Å²) in [4.78, 5) is 43.6. The second-order valence-electron chi connectivity index (χ2n) is 9.90. The van der Waals surface area contributed by atoms with Crippen LogP contribution in [0.4, 0.5) is 0 Å². The van der Waals surface area contributed by atoms with Gasteiger partial charge in [0, 0.05) is 34.8 Å². The Balaban J connectivity index is 1.35. The van der Waals surface area contributed by atoms with Crippen molar-refractivity contribution in [1.82, 2.24) is 15.2 Å². The van der Waals surface area contributed by atoms with E-state index in [0.29, 0.717) is 36.5 Å². The molecule has 3 unspecified atom stereocenters. The molecule has 3 fully saturated rings. The molecule has 2 aliphatic carbocycles. The second kappa shape index (κ2) is 8.49. The maximum atomic E-state index is 13.5. The van der Waals surface area contributed by atoms with Gasteiger partial charge in [0.05, 0.1) is 6.07 Å². The number of halogens is 1. The highest BCUT2D eigenvalue weighted by molar-refractivity contribution is 6.31. The monoisotopic (exact) mass is 466 g/mol. The first-order valence-corrected chi connectivity index (χ1v) is 12.1. The zero-order valence-electron chi connectivity index (χ0n) is 18.4. The van der Waals surface area contributed by atoms with Crippen LogP contribution in [0.2, 0.25) is 5.02 Å².